The normalized spacial score (nSPS) is 36.3. The van der Waals surface area contributed by atoms with Crippen molar-refractivity contribution in [3.05, 3.63) is 12.2 Å². The zero-order valence-electron chi connectivity index (χ0n) is 15.7. The summed E-state index contributed by atoms with van der Waals surface area (Å²) in [6.45, 7) is 8.81. The van der Waals surface area contributed by atoms with Gasteiger partial charge in [0, 0.05) is 32.6 Å². The van der Waals surface area contributed by atoms with E-state index in [0.29, 0.717) is 39.1 Å². The molecule has 0 aliphatic carbocycles. The van der Waals surface area contributed by atoms with Crippen LogP contribution in [0.15, 0.2) is 12.2 Å². The zero-order chi connectivity index (χ0) is 18.7. The monoisotopic (exact) mass is 361 g/mol. The molecule has 0 aromatic rings. The molecule has 4 aliphatic heterocycles. The minimum atomic E-state index is -0.659. The van der Waals surface area contributed by atoms with Crippen LogP contribution in [0.3, 0.4) is 0 Å². The van der Waals surface area contributed by atoms with Gasteiger partial charge in [-0.1, -0.05) is 32.9 Å². The van der Waals surface area contributed by atoms with Crippen LogP contribution in [0.2, 0.25) is 0 Å². The zero-order valence-corrected chi connectivity index (χ0v) is 15.7. The molecule has 3 fully saturated rings. The maximum absolute atomic E-state index is 13.2. The Balaban J connectivity index is 1.57. The van der Waals surface area contributed by atoms with E-state index in [-0.39, 0.29) is 29.2 Å². The van der Waals surface area contributed by atoms with Crippen molar-refractivity contribution in [1.29, 1.82) is 0 Å². The lowest BCUT2D eigenvalue weighted by molar-refractivity contribution is -0.143. The lowest BCUT2D eigenvalue weighted by atomic mass is 9.76. The summed E-state index contributed by atoms with van der Waals surface area (Å²) in [6.07, 6.45) is 3.90. The average molecular weight is 361 g/mol. The summed E-state index contributed by atoms with van der Waals surface area (Å²) in [5.41, 5.74) is -0.670. The predicted molar refractivity (Wildman–Crippen MR) is 94.0 cm³/mol. The van der Waals surface area contributed by atoms with Crippen molar-refractivity contribution in [2.45, 2.75) is 38.9 Å². The number of carbonyl (C=O) groups excluding carboxylic acids is 3. The van der Waals surface area contributed by atoms with Gasteiger partial charge in [-0.3, -0.25) is 14.4 Å². The van der Waals surface area contributed by atoms with Crippen molar-refractivity contribution in [1.82, 2.24) is 15.1 Å². The molecule has 1 N–H and O–H groups in total. The number of amides is 3. The highest BCUT2D eigenvalue weighted by Gasteiger charge is 2.67. The molecule has 0 radical (unpaired) electrons. The molecule has 4 rings (SSSR count). The Kier molecular flexibility index (Phi) is 3.91. The van der Waals surface area contributed by atoms with E-state index >= 15 is 0 Å². The molecular formula is C19H27N3O4. The fourth-order valence-corrected chi connectivity index (χ4v) is 4.76. The SMILES string of the molecule is CC(C)(C)CN1C[C@]23C=C[C@H](O2)[C@@H](C(=O)N2CCNC(=O)CC2)[C@H]3C1=O. The van der Waals surface area contributed by atoms with Crippen LogP contribution in [0.25, 0.3) is 0 Å². The van der Waals surface area contributed by atoms with E-state index in [9.17, 15) is 14.4 Å². The third-order valence-corrected chi connectivity index (χ3v) is 5.75. The minimum Gasteiger partial charge on any atom is -0.360 e. The largest absolute Gasteiger partial charge is 0.360 e. The highest BCUT2D eigenvalue weighted by molar-refractivity contribution is 5.93. The lowest BCUT2D eigenvalue weighted by Gasteiger charge is -2.30. The number of ether oxygens (including phenoxy) is 1. The topological polar surface area (TPSA) is 79.0 Å². The fourth-order valence-electron chi connectivity index (χ4n) is 4.76. The lowest BCUT2D eigenvalue weighted by Crippen LogP contribution is -2.47. The number of fused-ring (bicyclic) bond motifs is 1. The molecule has 26 heavy (non-hydrogen) atoms. The Morgan fingerprint density at radius 2 is 2.12 bits per heavy atom. The molecule has 142 valence electrons. The molecule has 0 aromatic heterocycles. The first kappa shape index (κ1) is 17.5. The van der Waals surface area contributed by atoms with E-state index in [1.54, 1.807) is 4.90 Å². The molecule has 3 saturated heterocycles. The summed E-state index contributed by atoms with van der Waals surface area (Å²) in [6, 6.07) is 0. The van der Waals surface area contributed by atoms with Crippen molar-refractivity contribution in [2.24, 2.45) is 17.3 Å². The number of nitrogens with zero attached hydrogens (tertiary/aromatic N) is 2. The van der Waals surface area contributed by atoms with E-state index in [2.05, 4.69) is 26.1 Å². The molecular weight excluding hydrogens is 334 g/mol. The molecule has 4 aliphatic rings. The van der Waals surface area contributed by atoms with Crippen molar-refractivity contribution < 1.29 is 19.1 Å². The maximum atomic E-state index is 13.2. The van der Waals surface area contributed by atoms with Gasteiger partial charge >= 0.3 is 0 Å². The summed E-state index contributed by atoms with van der Waals surface area (Å²) in [7, 11) is 0. The van der Waals surface area contributed by atoms with Gasteiger partial charge < -0.3 is 19.9 Å². The first-order valence-corrected chi connectivity index (χ1v) is 9.42. The molecule has 7 heteroatoms. The summed E-state index contributed by atoms with van der Waals surface area (Å²) in [5.74, 6) is -0.998. The molecule has 3 amide bonds. The van der Waals surface area contributed by atoms with E-state index in [0.717, 1.165) is 0 Å². The van der Waals surface area contributed by atoms with E-state index < -0.39 is 17.4 Å². The standard InChI is InChI=1S/C19H27N3O4/c1-18(2,3)10-22-11-19-6-4-12(26-19)14(15(19)17(22)25)16(24)21-8-5-13(23)20-7-9-21/h4,6,12,14-15H,5,7-11H2,1-3H3,(H,20,23)/t12-,14+,15-,19-/m0/s1. The summed E-state index contributed by atoms with van der Waals surface area (Å²) >= 11 is 0. The smallest absolute Gasteiger partial charge is 0.230 e. The first-order chi connectivity index (χ1) is 12.2. The van der Waals surface area contributed by atoms with Crippen molar-refractivity contribution in [3.63, 3.8) is 0 Å². The van der Waals surface area contributed by atoms with Gasteiger partial charge in [-0.05, 0) is 5.41 Å². The molecule has 1 spiro atoms. The Morgan fingerprint density at radius 1 is 1.35 bits per heavy atom. The summed E-state index contributed by atoms with van der Waals surface area (Å²) in [5, 5.41) is 2.79. The van der Waals surface area contributed by atoms with Crippen LogP contribution in [-0.4, -0.2) is 72.0 Å². The van der Waals surface area contributed by atoms with Crippen LogP contribution in [-0.2, 0) is 19.1 Å². The van der Waals surface area contributed by atoms with Gasteiger partial charge in [0.15, 0.2) is 0 Å². The van der Waals surface area contributed by atoms with Crippen molar-refractivity contribution in [2.75, 3.05) is 32.7 Å². The molecule has 7 nitrogen and oxygen atoms in total. The van der Waals surface area contributed by atoms with Gasteiger partial charge in [0.05, 0.1) is 24.5 Å². The van der Waals surface area contributed by atoms with E-state index in [4.69, 9.17) is 4.74 Å². The number of likely N-dealkylation sites (tertiary alicyclic amines) is 1. The van der Waals surface area contributed by atoms with Gasteiger partial charge in [-0.2, -0.15) is 0 Å². The molecule has 0 unspecified atom stereocenters. The maximum Gasteiger partial charge on any atom is 0.230 e. The van der Waals surface area contributed by atoms with Crippen molar-refractivity contribution >= 4 is 17.7 Å². The number of hydrogen-bond acceptors (Lipinski definition) is 4. The number of rotatable bonds is 2. The van der Waals surface area contributed by atoms with Crippen LogP contribution in [0, 0.1) is 17.3 Å². The van der Waals surface area contributed by atoms with Crippen molar-refractivity contribution in [3.8, 4) is 0 Å². The van der Waals surface area contributed by atoms with Crippen LogP contribution < -0.4 is 5.32 Å². The Labute approximate surface area is 153 Å². The molecule has 0 saturated carbocycles. The molecule has 4 heterocycles. The van der Waals surface area contributed by atoms with Crippen LogP contribution in [0.1, 0.15) is 27.2 Å². The summed E-state index contributed by atoms with van der Waals surface area (Å²) < 4.78 is 6.17. The Bertz CT molecular complexity index is 683. The molecule has 2 bridgehead atoms. The fraction of sp³-hybridized carbons (Fsp3) is 0.737. The number of carbonyl (C=O) groups is 3. The first-order valence-electron chi connectivity index (χ1n) is 9.42. The second kappa shape index (κ2) is 5.81. The number of nitrogens with one attached hydrogen (secondary N) is 1. The quantitative estimate of drug-likeness (QED) is 0.711. The average Bonchev–Trinajstić information content (AvgIpc) is 3.10. The van der Waals surface area contributed by atoms with Gasteiger partial charge in [-0.25, -0.2) is 0 Å². The summed E-state index contributed by atoms with van der Waals surface area (Å²) in [4.78, 5) is 41.5. The van der Waals surface area contributed by atoms with Gasteiger partial charge in [0.1, 0.15) is 5.60 Å². The van der Waals surface area contributed by atoms with Gasteiger partial charge in [0.2, 0.25) is 17.7 Å². The predicted octanol–water partition coefficient (Wildman–Crippen LogP) is 0.163. The second-order valence-corrected chi connectivity index (χ2v) is 9.08. The van der Waals surface area contributed by atoms with Crippen LogP contribution in [0.4, 0.5) is 0 Å². The molecule has 4 atom stereocenters. The van der Waals surface area contributed by atoms with Crippen LogP contribution in [0.5, 0.6) is 0 Å². The molecule has 0 aromatic carbocycles. The van der Waals surface area contributed by atoms with Crippen LogP contribution >= 0.6 is 0 Å². The second-order valence-electron chi connectivity index (χ2n) is 9.08. The Morgan fingerprint density at radius 3 is 2.85 bits per heavy atom. The van der Waals surface area contributed by atoms with E-state index in [1.807, 2.05) is 17.1 Å². The van der Waals surface area contributed by atoms with E-state index in [1.165, 1.54) is 0 Å². The van der Waals surface area contributed by atoms with Gasteiger partial charge in [-0.15, -0.1) is 0 Å². The third kappa shape index (κ3) is 2.73. The highest BCUT2D eigenvalue weighted by atomic mass is 16.5. The minimum absolute atomic E-state index is 0.0109. The highest BCUT2D eigenvalue weighted by Crippen LogP contribution is 2.52. The third-order valence-electron chi connectivity index (χ3n) is 5.75. The van der Waals surface area contributed by atoms with Gasteiger partial charge in [0.25, 0.3) is 0 Å². The number of hydrogen-bond donors (Lipinski definition) is 1. The Hall–Kier alpha value is -1.89.